The third-order valence-corrected chi connectivity index (χ3v) is 17.8. The minimum Gasteiger partial charge on any atom is -0.465 e. The molecule has 3 aliphatic rings. The van der Waals surface area contributed by atoms with Crippen LogP contribution in [0.15, 0.2) is 152 Å². The van der Waals surface area contributed by atoms with E-state index in [-0.39, 0.29) is 46.2 Å². The van der Waals surface area contributed by atoms with E-state index in [1.54, 1.807) is 24.3 Å². The Morgan fingerprint density at radius 2 is 0.959 bits per heavy atom. The molecular weight excluding hydrogens is 1270 g/mol. The van der Waals surface area contributed by atoms with Crippen LogP contribution in [0.3, 0.4) is 0 Å². The van der Waals surface area contributed by atoms with Gasteiger partial charge in [-0.05, 0) is 33.9 Å². The van der Waals surface area contributed by atoms with Gasteiger partial charge < -0.3 is 86.3 Å². The van der Waals surface area contributed by atoms with Crippen LogP contribution < -0.4 is 5.73 Å². The van der Waals surface area contributed by atoms with Gasteiger partial charge in [-0.1, -0.05) is 171 Å². The standard InChI is InChI=1S/C72H91NO23Si/c1-46(74)84-45-59(89-48(3)76)61(90-49(4)77)64-60(73)56(88-47(2)75)37-72(95-64,71(79)80-6)96-66-63(91-50(5)78)58(44-82-39-52-27-17-11-18-28-52)93-70(68(66)87-42-55-33-23-14-24-34-55)94-62-57(43-81-38-51-25-15-10-16-26-51)92-69(83-35-36-97(7,8)9)67(86-41-54-31-21-13-22-32-54)65(62)85-40-53-29-19-12-20-30-53/h10-34,56-70H,35-45,73H2,1-9H3/t56-,57+,58+,59+,60+,61+,62+,63-,64+,65-,66-,67+,68+,69+,70-,72-/m0/s1. The Labute approximate surface area is 567 Å². The summed E-state index contributed by atoms with van der Waals surface area (Å²) < 4.78 is 112. The van der Waals surface area contributed by atoms with Crippen molar-refractivity contribution in [1.82, 2.24) is 0 Å². The van der Waals surface area contributed by atoms with E-state index in [4.69, 9.17) is 86.3 Å². The van der Waals surface area contributed by atoms with Gasteiger partial charge >= 0.3 is 35.8 Å². The molecule has 0 spiro atoms. The summed E-state index contributed by atoms with van der Waals surface area (Å²) in [7, 11) is -0.680. The molecule has 0 bridgehead atoms. The highest BCUT2D eigenvalue weighted by molar-refractivity contribution is 6.76. The molecule has 25 heteroatoms. The molecule has 0 saturated carbocycles. The molecule has 0 amide bonds. The van der Waals surface area contributed by atoms with E-state index in [9.17, 15) is 24.0 Å². The Kier molecular flexibility index (Phi) is 28.8. The van der Waals surface area contributed by atoms with Gasteiger partial charge in [-0.15, -0.1) is 0 Å². The molecule has 0 unspecified atom stereocenters. The van der Waals surface area contributed by atoms with Crippen molar-refractivity contribution in [3.63, 3.8) is 0 Å². The third kappa shape index (κ3) is 22.9. The maximum absolute atomic E-state index is 15.3. The molecule has 526 valence electrons. The molecule has 24 nitrogen and oxygen atoms in total. The van der Waals surface area contributed by atoms with Crippen LogP contribution in [0, 0.1) is 0 Å². The van der Waals surface area contributed by atoms with Gasteiger partial charge in [0, 0.05) is 49.3 Å². The Morgan fingerprint density at radius 3 is 1.40 bits per heavy atom. The molecule has 0 aromatic heterocycles. The number of rotatable bonds is 34. The monoisotopic (exact) mass is 1370 g/mol. The van der Waals surface area contributed by atoms with E-state index in [1.807, 2.05) is 127 Å². The second kappa shape index (κ2) is 37.0. The lowest BCUT2D eigenvalue weighted by Gasteiger charge is -2.52. The van der Waals surface area contributed by atoms with E-state index in [1.165, 1.54) is 0 Å². The van der Waals surface area contributed by atoms with Crippen LogP contribution in [0.4, 0.5) is 0 Å². The second-order valence-electron chi connectivity index (χ2n) is 25.1. The molecule has 97 heavy (non-hydrogen) atoms. The van der Waals surface area contributed by atoms with E-state index in [0.717, 1.165) is 70.0 Å². The fourth-order valence-electron chi connectivity index (χ4n) is 11.5. The second-order valence-corrected chi connectivity index (χ2v) is 30.7. The lowest BCUT2D eigenvalue weighted by atomic mass is 9.88. The van der Waals surface area contributed by atoms with E-state index < -0.39 is 155 Å². The normalized spacial score (nSPS) is 26.3. The summed E-state index contributed by atoms with van der Waals surface area (Å²) >= 11 is 0. The van der Waals surface area contributed by atoms with Gasteiger partial charge in [0.05, 0.1) is 65.8 Å². The zero-order chi connectivity index (χ0) is 69.5. The lowest BCUT2D eigenvalue weighted by molar-refractivity contribution is -0.394. The number of carbonyl (C=O) groups excluding carboxylic acids is 6. The number of ether oxygens (including phenoxy) is 17. The van der Waals surface area contributed by atoms with E-state index in [2.05, 4.69) is 19.6 Å². The molecule has 3 heterocycles. The minimum atomic E-state index is -2.86. The summed E-state index contributed by atoms with van der Waals surface area (Å²) in [6, 6.07) is 46.2. The Balaban J connectivity index is 1.33. The first-order valence-electron chi connectivity index (χ1n) is 32.4. The molecule has 0 radical (unpaired) electrons. The summed E-state index contributed by atoms with van der Waals surface area (Å²) in [5, 5.41) is 0. The molecule has 5 aromatic rings. The number of hydrogen-bond donors (Lipinski definition) is 1. The summed E-state index contributed by atoms with van der Waals surface area (Å²) in [4.78, 5) is 80.9. The van der Waals surface area contributed by atoms with Crippen LogP contribution in [0.25, 0.3) is 0 Å². The van der Waals surface area contributed by atoms with Gasteiger partial charge in [0.1, 0.15) is 61.5 Å². The van der Waals surface area contributed by atoms with Crippen molar-refractivity contribution >= 4 is 43.9 Å². The maximum atomic E-state index is 15.3. The number of esters is 6. The summed E-state index contributed by atoms with van der Waals surface area (Å²) in [6.07, 6.45) is -21.5. The Morgan fingerprint density at radius 1 is 0.515 bits per heavy atom. The van der Waals surface area contributed by atoms with Crippen molar-refractivity contribution in [1.29, 1.82) is 0 Å². The Hall–Kier alpha value is -7.34. The molecule has 8 rings (SSSR count). The zero-order valence-electron chi connectivity index (χ0n) is 56.3. The predicted molar refractivity (Wildman–Crippen MR) is 349 cm³/mol. The highest BCUT2D eigenvalue weighted by Crippen LogP contribution is 2.43. The largest absolute Gasteiger partial charge is 0.465 e. The van der Waals surface area contributed by atoms with Crippen LogP contribution in [-0.2, 0) is 142 Å². The van der Waals surface area contributed by atoms with Crippen molar-refractivity contribution in [3.05, 3.63) is 179 Å². The molecule has 5 aromatic carbocycles. The summed E-state index contributed by atoms with van der Waals surface area (Å²) in [5.41, 5.74) is 10.9. The highest BCUT2D eigenvalue weighted by atomic mass is 28.3. The van der Waals surface area contributed by atoms with E-state index in [0.29, 0.717) is 12.2 Å². The van der Waals surface area contributed by atoms with Crippen molar-refractivity contribution < 1.29 is 109 Å². The molecule has 0 aliphatic carbocycles. The summed E-state index contributed by atoms with van der Waals surface area (Å²) in [5.74, 6) is -8.55. The van der Waals surface area contributed by atoms with Gasteiger partial charge in [0.25, 0.3) is 5.79 Å². The molecule has 3 aliphatic heterocycles. The van der Waals surface area contributed by atoms with Crippen molar-refractivity contribution in [2.75, 3.05) is 33.5 Å². The quantitative estimate of drug-likeness (QED) is 0.0232. The number of hydrogen-bond acceptors (Lipinski definition) is 24. The average molecular weight is 1370 g/mol. The molecule has 3 fully saturated rings. The Bertz CT molecular complexity index is 3240. The third-order valence-electron chi connectivity index (χ3n) is 16.1. The molecule has 2 N–H and O–H groups in total. The molecule has 16 atom stereocenters. The SMILES string of the molecule is COC(=O)[C@@]1(O[C@H]2[C@@H](OC(C)=O)[C@@H](COCc3ccccc3)O[C@@H](O[C@H]3[C@H](OCc4ccccc4)[C@@H](OCc4ccccc4)[C@H](OCC[Si](C)(C)C)O[C@@H]3COCc3ccccc3)[C@@H]2OCc2ccccc2)C[C@H](OC(C)=O)[C@@H](N)[C@H]([C@H](OC(C)=O)[C@@H](COC(C)=O)OC(C)=O)O1. The number of nitrogens with two attached hydrogens (primary N) is 1. The fourth-order valence-corrected chi connectivity index (χ4v) is 12.2. The fraction of sp³-hybridized carbons (Fsp3) is 0.500. The van der Waals surface area contributed by atoms with Gasteiger partial charge in [0.2, 0.25) is 0 Å². The van der Waals surface area contributed by atoms with Crippen LogP contribution in [-0.4, -0.2) is 175 Å². The number of carbonyl (C=O) groups is 6. The molecular formula is C72H91NO23Si. The number of benzene rings is 5. The van der Waals surface area contributed by atoms with Gasteiger partial charge in [-0.25, -0.2) is 4.79 Å². The van der Waals surface area contributed by atoms with Crippen LogP contribution in [0.5, 0.6) is 0 Å². The maximum Gasteiger partial charge on any atom is 0.366 e. The zero-order valence-corrected chi connectivity index (χ0v) is 57.3. The van der Waals surface area contributed by atoms with Gasteiger partial charge in [-0.3, -0.25) is 24.0 Å². The van der Waals surface area contributed by atoms with Crippen LogP contribution in [0.1, 0.15) is 68.9 Å². The van der Waals surface area contributed by atoms with Gasteiger partial charge in [-0.2, -0.15) is 0 Å². The van der Waals surface area contributed by atoms with Crippen molar-refractivity contribution in [2.45, 2.75) is 197 Å². The van der Waals surface area contributed by atoms with Crippen LogP contribution >= 0.6 is 0 Å². The van der Waals surface area contributed by atoms with Crippen molar-refractivity contribution in [3.8, 4) is 0 Å². The molecule has 3 saturated heterocycles. The van der Waals surface area contributed by atoms with Gasteiger partial charge in [0.15, 0.2) is 30.9 Å². The highest BCUT2D eigenvalue weighted by Gasteiger charge is 2.63. The smallest absolute Gasteiger partial charge is 0.366 e. The lowest BCUT2D eigenvalue weighted by Crippen LogP contribution is -2.71. The van der Waals surface area contributed by atoms with E-state index >= 15 is 4.79 Å². The first-order valence-corrected chi connectivity index (χ1v) is 36.1. The predicted octanol–water partition coefficient (Wildman–Crippen LogP) is 8.03. The van der Waals surface area contributed by atoms with Crippen LogP contribution in [0.2, 0.25) is 25.7 Å². The van der Waals surface area contributed by atoms with Crippen molar-refractivity contribution in [2.24, 2.45) is 5.73 Å². The average Bonchev–Trinajstić information content (AvgIpc) is 0.747. The first kappa shape index (κ1) is 75.4. The topological polar surface area (TPSA) is 285 Å². The number of methoxy groups -OCH3 is 1. The minimum absolute atomic E-state index is 0.0257. The summed E-state index contributed by atoms with van der Waals surface area (Å²) in [6.45, 7) is 11.4. The first-order chi connectivity index (χ1) is 46.6.